The van der Waals surface area contributed by atoms with Gasteiger partial charge in [-0.3, -0.25) is 9.59 Å². The fourth-order valence-electron chi connectivity index (χ4n) is 4.75. The van der Waals surface area contributed by atoms with E-state index in [0.29, 0.717) is 25.2 Å². The molecule has 0 fully saturated rings. The number of carbonyl (C=O) groups excluding carboxylic acids is 2. The number of rotatable bonds is 9. The first-order valence-corrected chi connectivity index (χ1v) is 9.77. The van der Waals surface area contributed by atoms with Gasteiger partial charge in [0.25, 0.3) is 0 Å². The van der Waals surface area contributed by atoms with E-state index in [9.17, 15) is 9.59 Å². The Kier molecular flexibility index (Phi) is 6.62. The van der Waals surface area contributed by atoms with E-state index in [-0.39, 0.29) is 24.5 Å². The van der Waals surface area contributed by atoms with Crippen molar-refractivity contribution >= 4 is 11.6 Å². The highest BCUT2D eigenvalue weighted by molar-refractivity contribution is 6.00. The average molecular weight is 363 g/mol. The molecule has 0 spiro atoms. The Hall–Kier alpha value is -1.26. The Labute approximate surface area is 158 Å². The largest absolute Gasteiger partial charge is 0.359 e. The summed E-state index contributed by atoms with van der Waals surface area (Å²) in [5.74, 6) is 0.704. The molecule has 0 bridgehead atoms. The van der Waals surface area contributed by atoms with Gasteiger partial charge in [-0.2, -0.15) is 0 Å². The summed E-state index contributed by atoms with van der Waals surface area (Å²) in [4.78, 5) is 25.3. The van der Waals surface area contributed by atoms with Gasteiger partial charge in [0, 0.05) is 36.4 Å². The van der Waals surface area contributed by atoms with Crippen molar-refractivity contribution < 1.29 is 19.1 Å². The highest BCUT2D eigenvalue weighted by Gasteiger charge is 2.52. The van der Waals surface area contributed by atoms with Crippen molar-refractivity contribution in [3.63, 3.8) is 0 Å². The minimum atomic E-state index is -0.671. The van der Waals surface area contributed by atoms with Crippen LogP contribution in [0.2, 0.25) is 0 Å². The van der Waals surface area contributed by atoms with Gasteiger partial charge in [-0.15, -0.1) is 6.58 Å². The van der Waals surface area contributed by atoms with Crippen LogP contribution in [0.3, 0.4) is 0 Å². The first-order valence-electron chi connectivity index (χ1n) is 9.77. The lowest BCUT2D eigenvalue weighted by atomic mass is 9.59. The molecule has 26 heavy (non-hydrogen) atoms. The summed E-state index contributed by atoms with van der Waals surface area (Å²) in [6.45, 7) is 12.2. The van der Waals surface area contributed by atoms with Crippen molar-refractivity contribution in [2.24, 2.45) is 16.7 Å². The van der Waals surface area contributed by atoms with Gasteiger partial charge >= 0.3 is 0 Å². The number of ether oxygens (including phenoxy) is 2. The van der Waals surface area contributed by atoms with Crippen LogP contribution in [-0.2, 0) is 19.1 Å². The molecule has 4 nitrogen and oxygen atoms in total. The Morgan fingerprint density at radius 3 is 2.69 bits per heavy atom. The van der Waals surface area contributed by atoms with Crippen LogP contribution < -0.4 is 0 Å². The fraction of sp³-hybridized carbons (Fsp3) is 0.727. The number of methoxy groups -OCH3 is 1. The summed E-state index contributed by atoms with van der Waals surface area (Å²) in [6.07, 6.45) is 5.96. The third-order valence-electron chi connectivity index (χ3n) is 6.80. The second-order valence-corrected chi connectivity index (χ2v) is 8.29. The van der Waals surface area contributed by atoms with Crippen LogP contribution in [-0.4, -0.2) is 31.6 Å². The Morgan fingerprint density at radius 1 is 1.42 bits per heavy atom. The molecule has 0 amide bonds. The van der Waals surface area contributed by atoms with Crippen LogP contribution in [0, 0.1) is 16.7 Å². The second kappa shape index (κ2) is 8.18. The highest BCUT2D eigenvalue weighted by atomic mass is 16.7. The van der Waals surface area contributed by atoms with Crippen LogP contribution in [0.5, 0.6) is 0 Å². The molecule has 146 valence electrons. The summed E-state index contributed by atoms with van der Waals surface area (Å²) >= 11 is 0. The predicted molar refractivity (Wildman–Crippen MR) is 103 cm³/mol. The molecular weight excluding hydrogens is 328 g/mol. The molecule has 0 aromatic heterocycles. The van der Waals surface area contributed by atoms with Crippen molar-refractivity contribution in [1.82, 2.24) is 0 Å². The minimum Gasteiger partial charge on any atom is -0.359 e. The fourth-order valence-corrected chi connectivity index (χ4v) is 4.75. The smallest absolute Gasteiger partial charge is 0.159 e. The predicted octanol–water partition coefficient (Wildman–Crippen LogP) is 4.63. The minimum absolute atomic E-state index is 0.150. The summed E-state index contributed by atoms with van der Waals surface area (Å²) in [7, 11) is 1.60. The van der Waals surface area contributed by atoms with Gasteiger partial charge in [0.2, 0.25) is 0 Å². The molecule has 2 aliphatic rings. The molecule has 4 atom stereocenters. The molecule has 4 heteroatoms. The third kappa shape index (κ3) is 3.59. The van der Waals surface area contributed by atoms with Gasteiger partial charge in [0.05, 0.1) is 6.10 Å². The molecule has 0 aromatic rings. The van der Waals surface area contributed by atoms with Gasteiger partial charge in [-0.25, -0.2) is 0 Å². The van der Waals surface area contributed by atoms with Crippen molar-refractivity contribution in [1.29, 1.82) is 0 Å². The van der Waals surface area contributed by atoms with E-state index in [1.165, 1.54) is 5.57 Å². The first kappa shape index (κ1) is 21.0. The maximum Gasteiger partial charge on any atom is 0.159 e. The van der Waals surface area contributed by atoms with Crippen molar-refractivity contribution in [2.45, 2.75) is 72.3 Å². The van der Waals surface area contributed by atoms with Gasteiger partial charge in [-0.1, -0.05) is 32.4 Å². The van der Waals surface area contributed by atoms with E-state index in [2.05, 4.69) is 20.4 Å². The standard InChI is InChI=1S/C22H34O4/c1-7-18(24)21(4,8-2)13-19(26-14-25-6)22(5)15(3)9-10-16-11-12-17(23)20(16)22/h8,15,19H,2,7,9-14H2,1,3-6H3/t15-,19-,21-,22+/m1/s1. The van der Waals surface area contributed by atoms with E-state index in [4.69, 9.17) is 9.47 Å². The molecule has 2 rings (SSSR count). The van der Waals surface area contributed by atoms with E-state index in [1.54, 1.807) is 13.2 Å². The number of hydrogen-bond donors (Lipinski definition) is 0. The van der Waals surface area contributed by atoms with E-state index in [0.717, 1.165) is 24.8 Å². The third-order valence-corrected chi connectivity index (χ3v) is 6.80. The Morgan fingerprint density at radius 2 is 2.12 bits per heavy atom. The summed E-state index contributed by atoms with van der Waals surface area (Å²) in [6, 6.07) is 0. The summed E-state index contributed by atoms with van der Waals surface area (Å²) in [5.41, 5.74) is 1.18. The molecular formula is C22H34O4. The maximum atomic E-state index is 12.7. The zero-order chi connectivity index (χ0) is 19.5. The monoisotopic (exact) mass is 362 g/mol. The number of carbonyl (C=O) groups is 2. The van der Waals surface area contributed by atoms with E-state index >= 15 is 0 Å². The summed E-state index contributed by atoms with van der Waals surface area (Å²) < 4.78 is 11.3. The highest BCUT2D eigenvalue weighted by Crippen LogP contribution is 2.54. The van der Waals surface area contributed by atoms with Gasteiger partial charge < -0.3 is 9.47 Å². The van der Waals surface area contributed by atoms with Gasteiger partial charge in [0.15, 0.2) is 5.78 Å². The molecule has 0 aromatic carbocycles. The first-order chi connectivity index (χ1) is 12.2. The molecule has 0 heterocycles. The SMILES string of the molecule is C=C[C@](C)(C[C@@H](OCOC)[C@@]1(C)C2=C(CCC2=O)CC[C@H]1C)C(=O)CC. The molecule has 0 unspecified atom stereocenters. The van der Waals surface area contributed by atoms with Crippen LogP contribution >= 0.6 is 0 Å². The molecule has 0 aliphatic heterocycles. The lowest BCUT2D eigenvalue weighted by Gasteiger charge is -2.48. The normalized spacial score (nSPS) is 29.3. The zero-order valence-corrected chi connectivity index (χ0v) is 17.0. The van der Waals surface area contributed by atoms with Crippen LogP contribution in [0.4, 0.5) is 0 Å². The number of allylic oxidation sites excluding steroid dienone is 2. The number of Topliss-reactive ketones (excluding diaryl/α,β-unsaturated/α-hetero) is 2. The molecule has 0 saturated carbocycles. The van der Waals surface area contributed by atoms with Crippen LogP contribution in [0.15, 0.2) is 23.8 Å². The molecule has 0 radical (unpaired) electrons. The summed E-state index contributed by atoms with van der Waals surface area (Å²) in [5, 5.41) is 0. The second-order valence-electron chi connectivity index (χ2n) is 8.29. The molecule has 0 saturated heterocycles. The number of ketones is 2. The average Bonchev–Trinajstić information content (AvgIpc) is 3.02. The van der Waals surface area contributed by atoms with Gasteiger partial charge in [-0.05, 0) is 38.5 Å². The lowest BCUT2D eigenvalue weighted by Crippen LogP contribution is -2.48. The van der Waals surface area contributed by atoms with Crippen molar-refractivity contribution in [3.8, 4) is 0 Å². The van der Waals surface area contributed by atoms with Crippen molar-refractivity contribution in [2.75, 3.05) is 13.9 Å². The van der Waals surface area contributed by atoms with E-state index in [1.807, 2.05) is 13.8 Å². The van der Waals surface area contributed by atoms with E-state index < -0.39 is 10.8 Å². The van der Waals surface area contributed by atoms with Crippen LogP contribution in [0.1, 0.15) is 66.2 Å². The van der Waals surface area contributed by atoms with Crippen LogP contribution in [0.25, 0.3) is 0 Å². The Balaban J connectivity index is 2.47. The number of hydrogen-bond acceptors (Lipinski definition) is 4. The zero-order valence-electron chi connectivity index (χ0n) is 17.0. The maximum absolute atomic E-state index is 12.7. The molecule has 2 aliphatic carbocycles. The Bertz CT molecular complexity index is 605. The molecule has 0 N–H and O–H groups in total. The van der Waals surface area contributed by atoms with Gasteiger partial charge in [0.1, 0.15) is 12.6 Å². The lowest BCUT2D eigenvalue weighted by molar-refractivity contribution is -0.144. The quantitative estimate of drug-likeness (QED) is 0.443. The topological polar surface area (TPSA) is 52.6 Å². The van der Waals surface area contributed by atoms with Crippen molar-refractivity contribution in [3.05, 3.63) is 23.8 Å².